The van der Waals surface area contributed by atoms with E-state index < -0.39 is 6.10 Å². The maximum atomic E-state index is 9.81. The molecule has 1 rings (SSSR count). The van der Waals surface area contributed by atoms with E-state index in [1.165, 1.54) is 0 Å². The van der Waals surface area contributed by atoms with Crippen molar-refractivity contribution in [2.24, 2.45) is 0 Å². The summed E-state index contributed by atoms with van der Waals surface area (Å²) in [4.78, 5) is 4.18. The second-order valence-electron chi connectivity index (χ2n) is 3.16. The summed E-state index contributed by atoms with van der Waals surface area (Å²) in [6.45, 7) is 2.05. The first-order valence-corrected chi connectivity index (χ1v) is 4.85. The number of aliphatic hydroxyl groups is 1. The lowest BCUT2D eigenvalue weighted by Crippen LogP contribution is -2.04. The highest BCUT2D eigenvalue weighted by atomic mass is 16.3. The van der Waals surface area contributed by atoms with Crippen LogP contribution in [0.2, 0.25) is 0 Å². The van der Waals surface area contributed by atoms with Crippen LogP contribution in [0.15, 0.2) is 18.3 Å². The molecule has 0 aliphatic rings. The Bertz CT molecular complexity index is 327. The molecule has 0 aromatic carbocycles. The van der Waals surface area contributed by atoms with Gasteiger partial charge in [-0.05, 0) is 24.5 Å². The Labute approximate surface area is 85.0 Å². The fourth-order valence-electron chi connectivity index (χ4n) is 1.41. The lowest BCUT2D eigenvalue weighted by atomic mass is 10.0. The maximum Gasteiger partial charge on any atom is 0.0971 e. The molecule has 1 aromatic heterocycles. The van der Waals surface area contributed by atoms with E-state index in [2.05, 4.69) is 17.8 Å². The summed E-state index contributed by atoms with van der Waals surface area (Å²) in [7, 11) is 0. The highest BCUT2D eigenvalue weighted by molar-refractivity contribution is 5.21. The Hall–Kier alpha value is -1.33. The number of terminal acetylenes is 1. The van der Waals surface area contributed by atoms with Gasteiger partial charge in [0.25, 0.3) is 0 Å². The molecule has 0 bridgehead atoms. The van der Waals surface area contributed by atoms with Gasteiger partial charge in [-0.2, -0.15) is 0 Å². The van der Waals surface area contributed by atoms with Crippen molar-refractivity contribution in [3.63, 3.8) is 0 Å². The Morgan fingerprint density at radius 3 is 3.07 bits per heavy atom. The Balaban J connectivity index is 2.78. The van der Waals surface area contributed by atoms with E-state index in [1.807, 2.05) is 12.1 Å². The fraction of sp³-hybridized carbons (Fsp3) is 0.417. The maximum absolute atomic E-state index is 9.81. The van der Waals surface area contributed by atoms with Crippen LogP contribution < -0.4 is 0 Å². The van der Waals surface area contributed by atoms with Crippen molar-refractivity contribution in [1.82, 2.24) is 4.98 Å². The predicted molar refractivity (Wildman–Crippen MR) is 56.6 cm³/mol. The van der Waals surface area contributed by atoms with Crippen LogP contribution in [-0.2, 0) is 6.42 Å². The first-order valence-electron chi connectivity index (χ1n) is 4.85. The van der Waals surface area contributed by atoms with E-state index in [0.717, 1.165) is 17.7 Å². The number of hydrogen-bond donors (Lipinski definition) is 1. The number of rotatable bonds is 4. The van der Waals surface area contributed by atoms with Gasteiger partial charge in [0.1, 0.15) is 0 Å². The molecule has 1 N–H and O–H groups in total. The Morgan fingerprint density at radius 1 is 1.64 bits per heavy atom. The normalized spacial score (nSPS) is 12.1. The average molecular weight is 189 g/mol. The molecule has 0 radical (unpaired) electrons. The Kier molecular flexibility index (Phi) is 4.15. The molecule has 0 aliphatic heterocycles. The zero-order chi connectivity index (χ0) is 10.4. The van der Waals surface area contributed by atoms with Gasteiger partial charge in [-0.1, -0.05) is 13.0 Å². The van der Waals surface area contributed by atoms with Gasteiger partial charge >= 0.3 is 0 Å². The number of aromatic nitrogens is 1. The summed E-state index contributed by atoms with van der Waals surface area (Å²) in [5, 5.41) is 9.81. The smallest absolute Gasteiger partial charge is 0.0971 e. The second kappa shape index (κ2) is 5.41. The molecule has 1 atom stereocenters. The zero-order valence-electron chi connectivity index (χ0n) is 8.40. The quantitative estimate of drug-likeness (QED) is 0.736. The molecule has 14 heavy (non-hydrogen) atoms. The summed E-state index contributed by atoms with van der Waals surface area (Å²) in [5.74, 6) is 2.52. The molecular weight excluding hydrogens is 174 g/mol. The summed E-state index contributed by atoms with van der Waals surface area (Å²) in [5.41, 5.74) is 1.86. The number of nitrogens with zero attached hydrogens (tertiary/aromatic N) is 1. The molecule has 2 nitrogen and oxygen atoms in total. The largest absolute Gasteiger partial charge is 0.387 e. The second-order valence-corrected chi connectivity index (χ2v) is 3.16. The fourth-order valence-corrected chi connectivity index (χ4v) is 1.41. The molecule has 0 amide bonds. The topological polar surface area (TPSA) is 33.1 Å². The van der Waals surface area contributed by atoms with Crippen LogP contribution in [-0.4, -0.2) is 10.1 Å². The first kappa shape index (κ1) is 10.7. The summed E-state index contributed by atoms with van der Waals surface area (Å²) < 4.78 is 0. The lowest BCUT2D eigenvalue weighted by molar-refractivity contribution is 0.163. The van der Waals surface area contributed by atoms with Crippen molar-refractivity contribution in [2.75, 3.05) is 0 Å². The third-order valence-electron chi connectivity index (χ3n) is 2.18. The van der Waals surface area contributed by atoms with Gasteiger partial charge in [0.15, 0.2) is 0 Å². The van der Waals surface area contributed by atoms with Gasteiger partial charge in [-0.25, -0.2) is 0 Å². The highest BCUT2D eigenvalue weighted by Crippen LogP contribution is 2.19. The molecule has 1 aromatic rings. The Morgan fingerprint density at radius 2 is 2.43 bits per heavy atom. The van der Waals surface area contributed by atoms with Crippen LogP contribution in [0.5, 0.6) is 0 Å². The SMILES string of the molecule is C#CCCC(O)c1ncccc1CC. The molecular formula is C12H15NO. The summed E-state index contributed by atoms with van der Waals surface area (Å²) in [6, 6.07) is 3.87. The standard InChI is InChI=1S/C12H15NO/c1-3-5-8-11(14)12-10(4-2)7-6-9-13-12/h1,6-7,9,11,14H,4-5,8H2,2H3. The molecule has 0 fully saturated rings. The number of aliphatic hydroxyl groups excluding tert-OH is 1. The molecule has 0 aliphatic carbocycles. The average Bonchev–Trinajstić information content (AvgIpc) is 2.25. The van der Waals surface area contributed by atoms with Gasteiger partial charge in [0.05, 0.1) is 11.8 Å². The minimum absolute atomic E-state index is 0.526. The van der Waals surface area contributed by atoms with Crippen molar-refractivity contribution in [3.05, 3.63) is 29.6 Å². The van der Waals surface area contributed by atoms with Crippen LogP contribution in [0.25, 0.3) is 0 Å². The number of aryl methyl sites for hydroxylation is 1. The van der Waals surface area contributed by atoms with Gasteiger partial charge < -0.3 is 5.11 Å². The molecule has 0 spiro atoms. The van der Waals surface area contributed by atoms with Crippen LogP contribution in [0.1, 0.15) is 37.1 Å². The van der Waals surface area contributed by atoms with Gasteiger partial charge in [-0.3, -0.25) is 4.98 Å². The van der Waals surface area contributed by atoms with Crippen LogP contribution in [0, 0.1) is 12.3 Å². The molecule has 74 valence electrons. The van der Waals surface area contributed by atoms with Crippen molar-refractivity contribution < 1.29 is 5.11 Å². The van der Waals surface area contributed by atoms with E-state index in [9.17, 15) is 5.11 Å². The molecule has 0 saturated heterocycles. The minimum atomic E-state index is -0.526. The molecule has 2 heteroatoms. The van der Waals surface area contributed by atoms with Crippen molar-refractivity contribution in [2.45, 2.75) is 32.3 Å². The van der Waals surface area contributed by atoms with Gasteiger partial charge in [0, 0.05) is 12.6 Å². The van der Waals surface area contributed by atoms with Crippen molar-refractivity contribution in [3.8, 4) is 12.3 Å². The van der Waals surface area contributed by atoms with Crippen molar-refractivity contribution >= 4 is 0 Å². The van der Waals surface area contributed by atoms with Crippen LogP contribution >= 0.6 is 0 Å². The molecule has 1 unspecified atom stereocenters. The molecule has 0 saturated carbocycles. The predicted octanol–water partition coefficient (Wildman–Crippen LogP) is 2.09. The van der Waals surface area contributed by atoms with Crippen molar-refractivity contribution in [1.29, 1.82) is 0 Å². The van der Waals surface area contributed by atoms with Crippen LogP contribution in [0.3, 0.4) is 0 Å². The highest BCUT2D eigenvalue weighted by Gasteiger charge is 2.11. The monoisotopic (exact) mass is 189 g/mol. The van der Waals surface area contributed by atoms with E-state index in [-0.39, 0.29) is 0 Å². The number of pyridine rings is 1. The number of hydrogen-bond acceptors (Lipinski definition) is 2. The zero-order valence-corrected chi connectivity index (χ0v) is 8.40. The summed E-state index contributed by atoms with van der Waals surface area (Å²) in [6.07, 6.45) is 8.37. The van der Waals surface area contributed by atoms with E-state index >= 15 is 0 Å². The van der Waals surface area contributed by atoms with Gasteiger partial charge in [-0.15, -0.1) is 12.3 Å². The third-order valence-corrected chi connectivity index (χ3v) is 2.18. The lowest BCUT2D eigenvalue weighted by Gasteiger charge is -2.11. The van der Waals surface area contributed by atoms with E-state index in [1.54, 1.807) is 6.20 Å². The van der Waals surface area contributed by atoms with E-state index in [4.69, 9.17) is 6.42 Å². The molecule has 1 heterocycles. The minimum Gasteiger partial charge on any atom is -0.387 e. The van der Waals surface area contributed by atoms with Crippen LogP contribution in [0.4, 0.5) is 0 Å². The first-order chi connectivity index (χ1) is 6.79. The summed E-state index contributed by atoms with van der Waals surface area (Å²) >= 11 is 0. The third kappa shape index (κ3) is 2.58. The van der Waals surface area contributed by atoms with Gasteiger partial charge in [0.2, 0.25) is 0 Å². The van der Waals surface area contributed by atoms with E-state index in [0.29, 0.717) is 12.8 Å².